The van der Waals surface area contributed by atoms with Crippen molar-refractivity contribution in [1.82, 2.24) is 15.1 Å². The van der Waals surface area contributed by atoms with Gasteiger partial charge in [0.1, 0.15) is 0 Å². The lowest BCUT2D eigenvalue weighted by atomic mass is 9.89. The summed E-state index contributed by atoms with van der Waals surface area (Å²) in [5.74, 6) is 0.724. The highest BCUT2D eigenvalue weighted by molar-refractivity contribution is 9.10. The molecule has 1 aromatic carbocycles. The Morgan fingerprint density at radius 1 is 1.29 bits per heavy atom. The van der Waals surface area contributed by atoms with E-state index in [0.717, 1.165) is 31.6 Å². The van der Waals surface area contributed by atoms with Gasteiger partial charge in [-0.25, -0.2) is 0 Å². The van der Waals surface area contributed by atoms with Gasteiger partial charge in [0.05, 0.1) is 6.42 Å². The van der Waals surface area contributed by atoms with Gasteiger partial charge in [-0.05, 0) is 36.5 Å². The molecule has 0 radical (unpaired) electrons. The number of carbonyl (C=O) groups excluding carboxylic acids is 1. The number of likely N-dealkylation sites (tertiary alicyclic amines) is 1. The first-order chi connectivity index (χ1) is 10.2. The molecule has 0 unspecified atom stereocenters. The molecule has 1 aliphatic heterocycles. The number of carbonyl (C=O) groups is 1. The van der Waals surface area contributed by atoms with Gasteiger partial charge in [0.15, 0.2) is 0 Å². The predicted molar refractivity (Wildman–Crippen MR) is 85.0 cm³/mol. The quantitative estimate of drug-likeness (QED) is 0.927. The van der Waals surface area contributed by atoms with Crippen LogP contribution >= 0.6 is 15.9 Å². The average molecular weight is 348 g/mol. The van der Waals surface area contributed by atoms with Gasteiger partial charge < -0.3 is 4.90 Å². The van der Waals surface area contributed by atoms with Crippen LogP contribution in [-0.2, 0) is 11.2 Å². The number of nitrogens with one attached hydrogen (secondary N) is 1. The molecule has 0 atom stereocenters. The third-order valence-corrected chi connectivity index (χ3v) is 4.81. The van der Waals surface area contributed by atoms with Crippen LogP contribution in [-0.4, -0.2) is 34.1 Å². The molecule has 2 aromatic rings. The van der Waals surface area contributed by atoms with E-state index in [1.54, 1.807) is 6.20 Å². The number of piperidine rings is 1. The number of halogens is 1. The van der Waals surface area contributed by atoms with E-state index in [4.69, 9.17) is 0 Å². The van der Waals surface area contributed by atoms with Gasteiger partial charge in [0.25, 0.3) is 0 Å². The lowest BCUT2D eigenvalue weighted by molar-refractivity contribution is -0.131. The predicted octanol–water partition coefficient (Wildman–Crippen LogP) is 3.12. The highest BCUT2D eigenvalue weighted by Crippen LogP contribution is 2.32. The van der Waals surface area contributed by atoms with Gasteiger partial charge in [-0.1, -0.05) is 34.1 Å². The maximum absolute atomic E-state index is 12.2. The zero-order chi connectivity index (χ0) is 14.7. The first-order valence-corrected chi connectivity index (χ1v) is 8.04. The van der Waals surface area contributed by atoms with Crippen LogP contribution in [0.25, 0.3) is 0 Å². The highest BCUT2D eigenvalue weighted by Gasteiger charge is 2.24. The van der Waals surface area contributed by atoms with Gasteiger partial charge >= 0.3 is 0 Å². The smallest absolute Gasteiger partial charge is 0.228 e. The Kier molecular flexibility index (Phi) is 4.39. The molecule has 21 heavy (non-hydrogen) atoms. The maximum atomic E-state index is 12.2. The fraction of sp³-hybridized carbons (Fsp3) is 0.375. The fourth-order valence-electron chi connectivity index (χ4n) is 2.90. The molecular formula is C16H18BrN3O. The third kappa shape index (κ3) is 3.35. The Bertz CT molecular complexity index is 604. The average Bonchev–Trinajstić information content (AvgIpc) is 3.01. The van der Waals surface area contributed by atoms with Crippen molar-refractivity contribution in [2.45, 2.75) is 25.2 Å². The fourth-order valence-corrected chi connectivity index (χ4v) is 3.51. The first kappa shape index (κ1) is 14.3. The number of hydrogen-bond donors (Lipinski definition) is 1. The van der Waals surface area contributed by atoms with Crippen LogP contribution in [0.15, 0.2) is 41.0 Å². The molecule has 1 aliphatic rings. The second kappa shape index (κ2) is 6.43. The second-order valence-corrected chi connectivity index (χ2v) is 6.29. The summed E-state index contributed by atoms with van der Waals surface area (Å²) in [7, 11) is 0. The third-order valence-electron chi connectivity index (χ3n) is 4.09. The van der Waals surface area contributed by atoms with Crippen LogP contribution in [0.5, 0.6) is 0 Å². The minimum absolute atomic E-state index is 0.185. The van der Waals surface area contributed by atoms with Crippen molar-refractivity contribution < 1.29 is 4.79 Å². The van der Waals surface area contributed by atoms with Crippen LogP contribution < -0.4 is 0 Å². The molecule has 0 aliphatic carbocycles. The molecule has 0 spiro atoms. The van der Waals surface area contributed by atoms with Crippen LogP contribution in [0.4, 0.5) is 0 Å². The monoisotopic (exact) mass is 347 g/mol. The lowest BCUT2D eigenvalue weighted by Crippen LogP contribution is -2.38. The molecule has 1 aromatic heterocycles. The Morgan fingerprint density at radius 2 is 2.05 bits per heavy atom. The Balaban J connectivity index is 1.58. The van der Waals surface area contributed by atoms with Gasteiger partial charge in [-0.15, -0.1) is 0 Å². The normalized spacial score (nSPS) is 16.1. The first-order valence-electron chi connectivity index (χ1n) is 7.24. The standard InChI is InChI=1S/C16H18BrN3O/c17-15-4-2-1-3-14(15)12-6-9-20(10-7-12)16(21)11-13-5-8-18-19-13/h1-5,8,12H,6-7,9-11H2,(H,18,19). The molecule has 1 fully saturated rings. The van der Waals surface area contributed by atoms with E-state index in [2.05, 4.69) is 44.3 Å². The van der Waals surface area contributed by atoms with Crippen molar-refractivity contribution in [2.24, 2.45) is 0 Å². The van der Waals surface area contributed by atoms with Crippen LogP contribution in [0.3, 0.4) is 0 Å². The van der Waals surface area contributed by atoms with Crippen molar-refractivity contribution >= 4 is 21.8 Å². The minimum Gasteiger partial charge on any atom is -0.342 e. The van der Waals surface area contributed by atoms with Crippen LogP contribution in [0.2, 0.25) is 0 Å². The van der Waals surface area contributed by atoms with Crippen molar-refractivity contribution in [2.75, 3.05) is 13.1 Å². The minimum atomic E-state index is 0.185. The summed E-state index contributed by atoms with van der Waals surface area (Å²) in [5, 5.41) is 6.73. The number of nitrogens with zero attached hydrogens (tertiary/aromatic N) is 2. The number of H-pyrrole nitrogens is 1. The Morgan fingerprint density at radius 3 is 2.71 bits per heavy atom. The molecular weight excluding hydrogens is 330 g/mol. The summed E-state index contributed by atoms with van der Waals surface area (Å²) in [6.45, 7) is 1.66. The molecule has 110 valence electrons. The maximum Gasteiger partial charge on any atom is 0.228 e. The number of aromatic amines is 1. The molecule has 2 heterocycles. The van der Waals surface area contributed by atoms with Gasteiger partial charge in [-0.2, -0.15) is 5.10 Å². The lowest BCUT2D eigenvalue weighted by Gasteiger charge is -2.32. The summed E-state index contributed by atoms with van der Waals surface area (Å²) in [4.78, 5) is 14.2. The summed E-state index contributed by atoms with van der Waals surface area (Å²) < 4.78 is 1.17. The second-order valence-electron chi connectivity index (χ2n) is 5.44. The zero-order valence-corrected chi connectivity index (χ0v) is 13.3. The molecule has 3 rings (SSSR count). The highest BCUT2D eigenvalue weighted by atomic mass is 79.9. The zero-order valence-electron chi connectivity index (χ0n) is 11.8. The number of amides is 1. The largest absolute Gasteiger partial charge is 0.342 e. The Hall–Kier alpha value is -1.62. The number of aromatic nitrogens is 2. The van der Waals surface area contributed by atoms with E-state index in [1.807, 2.05) is 17.0 Å². The van der Waals surface area contributed by atoms with Crippen molar-refractivity contribution in [3.05, 3.63) is 52.3 Å². The molecule has 1 N–H and O–H groups in total. The summed E-state index contributed by atoms with van der Waals surface area (Å²) in [6, 6.07) is 10.2. The van der Waals surface area contributed by atoms with Crippen molar-refractivity contribution in [3.63, 3.8) is 0 Å². The summed E-state index contributed by atoms with van der Waals surface area (Å²) in [5.41, 5.74) is 2.24. The molecule has 0 saturated carbocycles. The van der Waals surface area contributed by atoms with Crippen LogP contribution in [0.1, 0.15) is 30.0 Å². The summed E-state index contributed by atoms with van der Waals surface area (Å²) >= 11 is 3.62. The van der Waals surface area contributed by atoms with E-state index in [0.29, 0.717) is 12.3 Å². The molecule has 5 heteroatoms. The van der Waals surface area contributed by atoms with Gasteiger partial charge in [0.2, 0.25) is 5.91 Å². The topological polar surface area (TPSA) is 49.0 Å². The van der Waals surface area contributed by atoms with Gasteiger partial charge in [-0.3, -0.25) is 9.89 Å². The van der Waals surface area contributed by atoms with E-state index in [9.17, 15) is 4.79 Å². The summed E-state index contributed by atoms with van der Waals surface area (Å²) in [6.07, 6.45) is 4.15. The van der Waals surface area contributed by atoms with E-state index >= 15 is 0 Å². The van der Waals surface area contributed by atoms with Crippen LogP contribution in [0, 0.1) is 0 Å². The van der Waals surface area contributed by atoms with Crippen molar-refractivity contribution in [1.29, 1.82) is 0 Å². The number of benzene rings is 1. The number of hydrogen-bond acceptors (Lipinski definition) is 2. The van der Waals surface area contributed by atoms with E-state index in [1.165, 1.54) is 10.0 Å². The van der Waals surface area contributed by atoms with Gasteiger partial charge in [0, 0.05) is 29.5 Å². The molecule has 4 nitrogen and oxygen atoms in total. The number of rotatable bonds is 3. The molecule has 1 amide bonds. The SMILES string of the molecule is O=C(Cc1ccn[nH]1)N1CCC(c2ccccc2Br)CC1. The van der Waals surface area contributed by atoms with E-state index < -0.39 is 0 Å². The van der Waals surface area contributed by atoms with E-state index in [-0.39, 0.29) is 5.91 Å². The van der Waals surface area contributed by atoms with Crippen molar-refractivity contribution in [3.8, 4) is 0 Å². The molecule has 0 bridgehead atoms. The Labute approximate surface area is 132 Å². The molecule has 1 saturated heterocycles.